The van der Waals surface area contributed by atoms with E-state index >= 15 is 0 Å². The monoisotopic (exact) mass is 339 g/mol. The molecule has 3 N–H and O–H groups in total. The quantitative estimate of drug-likeness (QED) is 0.707. The number of hydrogen-bond acceptors (Lipinski definition) is 6. The summed E-state index contributed by atoms with van der Waals surface area (Å²) in [6.45, 7) is 4.00. The number of rotatable bonds is 6. The maximum atomic E-state index is 11.9. The number of hydrogen-bond donors (Lipinski definition) is 2. The van der Waals surface area contributed by atoms with Crippen LogP contribution in [0.4, 0.5) is 5.82 Å². The molecule has 0 radical (unpaired) electrons. The van der Waals surface area contributed by atoms with Crippen LogP contribution >= 0.6 is 0 Å². The van der Waals surface area contributed by atoms with E-state index in [1.54, 1.807) is 23.3 Å². The third-order valence-electron chi connectivity index (χ3n) is 4.32. The molecule has 0 aliphatic carbocycles. The smallest absolute Gasteiger partial charge is 0.240 e. The molecule has 0 spiro atoms. The van der Waals surface area contributed by atoms with Gasteiger partial charge in [0.15, 0.2) is 11.5 Å². The van der Waals surface area contributed by atoms with E-state index in [2.05, 4.69) is 25.4 Å². The van der Waals surface area contributed by atoms with Gasteiger partial charge in [0.05, 0.1) is 11.6 Å². The lowest BCUT2D eigenvalue weighted by atomic mass is 9.98. The fourth-order valence-electron chi connectivity index (χ4n) is 2.63. The molecule has 0 bridgehead atoms. The van der Waals surface area contributed by atoms with Crippen molar-refractivity contribution in [1.82, 2.24) is 24.7 Å². The number of fused-ring (bicyclic) bond motifs is 1. The van der Waals surface area contributed by atoms with E-state index in [1.165, 1.54) is 0 Å². The van der Waals surface area contributed by atoms with Crippen molar-refractivity contribution in [3.05, 3.63) is 30.7 Å². The molecular formula is C17H21N7O. The summed E-state index contributed by atoms with van der Waals surface area (Å²) in [6, 6.07) is 3.18. The van der Waals surface area contributed by atoms with Gasteiger partial charge in [-0.3, -0.25) is 14.5 Å². The fourth-order valence-corrected chi connectivity index (χ4v) is 2.63. The molecule has 130 valence electrons. The van der Waals surface area contributed by atoms with Gasteiger partial charge in [-0.15, -0.1) is 0 Å². The third-order valence-corrected chi connectivity index (χ3v) is 4.32. The molecule has 0 saturated carbocycles. The SMILES string of the molecule is CC[C@H](C)[C@H](Nc1nc(-c2cccnc2)nc2c1cnn2C)C(N)=O. The Hall–Kier alpha value is -3.03. The van der Waals surface area contributed by atoms with E-state index in [4.69, 9.17) is 5.73 Å². The predicted octanol–water partition coefficient (Wildman–Crippen LogP) is 1.74. The summed E-state index contributed by atoms with van der Waals surface area (Å²) in [7, 11) is 1.81. The minimum atomic E-state index is -0.523. The van der Waals surface area contributed by atoms with Crippen LogP contribution in [-0.4, -0.2) is 36.7 Å². The van der Waals surface area contributed by atoms with Gasteiger partial charge < -0.3 is 11.1 Å². The van der Waals surface area contributed by atoms with E-state index in [0.29, 0.717) is 17.3 Å². The molecule has 8 heteroatoms. The Morgan fingerprint density at radius 2 is 2.16 bits per heavy atom. The van der Waals surface area contributed by atoms with Crippen molar-refractivity contribution in [2.24, 2.45) is 18.7 Å². The van der Waals surface area contributed by atoms with Crippen LogP contribution in [0.25, 0.3) is 22.4 Å². The van der Waals surface area contributed by atoms with Crippen LogP contribution < -0.4 is 11.1 Å². The zero-order valence-electron chi connectivity index (χ0n) is 14.5. The normalized spacial score (nSPS) is 13.6. The Balaban J connectivity index is 2.11. The molecule has 0 fully saturated rings. The first-order valence-electron chi connectivity index (χ1n) is 8.17. The van der Waals surface area contributed by atoms with Crippen LogP contribution in [0.15, 0.2) is 30.7 Å². The highest BCUT2D eigenvalue weighted by molar-refractivity contribution is 5.91. The predicted molar refractivity (Wildman–Crippen MR) is 95.6 cm³/mol. The second-order valence-electron chi connectivity index (χ2n) is 6.05. The van der Waals surface area contributed by atoms with Gasteiger partial charge in [-0.25, -0.2) is 9.97 Å². The van der Waals surface area contributed by atoms with Crippen molar-refractivity contribution in [3.63, 3.8) is 0 Å². The number of primary amides is 1. The van der Waals surface area contributed by atoms with Gasteiger partial charge in [0.25, 0.3) is 0 Å². The second kappa shape index (κ2) is 6.84. The third kappa shape index (κ3) is 3.28. The van der Waals surface area contributed by atoms with Gasteiger partial charge >= 0.3 is 0 Å². The number of aryl methyl sites for hydroxylation is 1. The minimum absolute atomic E-state index is 0.0704. The van der Waals surface area contributed by atoms with Crippen LogP contribution in [0.3, 0.4) is 0 Å². The summed E-state index contributed by atoms with van der Waals surface area (Å²) >= 11 is 0. The molecule has 3 aromatic heterocycles. The summed E-state index contributed by atoms with van der Waals surface area (Å²) in [4.78, 5) is 25.2. The number of anilines is 1. The molecule has 0 aromatic carbocycles. The van der Waals surface area contributed by atoms with Gasteiger partial charge in [-0.1, -0.05) is 20.3 Å². The summed E-state index contributed by atoms with van der Waals surface area (Å²) in [6.07, 6.45) is 5.88. The van der Waals surface area contributed by atoms with Crippen molar-refractivity contribution in [3.8, 4) is 11.4 Å². The lowest BCUT2D eigenvalue weighted by Gasteiger charge is -2.22. The molecule has 3 rings (SSSR count). The Labute approximate surface area is 145 Å². The van der Waals surface area contributed by atoms with Crippen LogP contribution in [0.1, 0.15) is 20.3 Å². The summed E-state index contributed by atoms with van der Waals surface area (Å²) < 4.78 is 1.67. The first-order valence-corrected chi connectivity index (χ1v) is 8.17. The number of nitrogens with one attached hydrogen (secondary N) is 1. The highest BCUT2D eigenvalue weighted by Crippen LogP contribution is 2.25. The molecule has 8 nitrogen and oxygen atoms in total. The van der Waals surface area contributed by atoms with Gasteiger partial charge in [-0.2, -0.15) is 5.10 Å². The van der Waals surface area contributed by atoms with E-state index in [1.807, 2.05) is 33.0 Å². The highest BCUT2D eigenvalue weighted by Gasteiger charge is 2.24. The molecule has 2 atom stereocenters. The number of carbonyl (C=O) groups is 1. The molecule has 3 heterocycles. The Kier molecular flexibility index (Phi) is 4.60. The van der Waals surface area contributed by atoms with E-state index in [-0.39, 0.29) is 5.92 Å². The summed E-state index contributed by atoms with van der Waals surface area (Å²) in [5, 5.41) is 8.19. The average molecular weight is 339 g/mol. The Morgan fingerprint density at radius 1 is 1.36 bits per heavy atom. The summed E-state index contributed by atoms with van der Waals surface area (Å²) in [5.74, 6) is 0.717. The molecule has 0 unspecified atom stereocenters. The molecule has 1 amide bonds. The highest BCUT2D eigenvalue weighted by atomic mass is 16.1. The van der Waals surface area contributed by atoms with Crippen LogP contribution in [0, 0.1) is 5.92 Å². The van der Waals surface area contributed by atoms with Crippen molar-refractivity contribution in [2.45, 2.75) is 26.3 Å². The van der Waals surface area contributed by atoms with Crippen LogP contribution in [-0.2, 0) is 11.8 Å². The first kappa shape index (κ1) is 16.8. The summed E-state index contributed by atoms with van der Waals surface area (Å²) in [5.41, 5.74) is 7.04. The molecule has 25 heavy (non-hydrogen) atoms. The Bertz CT molecular complexity index is 891. The van der Waals surface area contributed by atoms with Crippen molar-refractivity contribution < 1.29 is 4.79 Å². The molecule has 0 saturated heterocycles. The standard InChI is InChI=1S/C17H21N7O/c1-4-10(2)13(14(18)25)21-16-12-9-20-24(3)17(12)23-15(22-16)11-6-5-7-19-8-11/h5-10,13H,4H2,1-3H3,(H2,18,25)(H,21,22,23)/t10-,13-/m0/s1. The van der Waals surface area contributed by atoms with Crippen molar-refractivity contribution >= 4 is 22.8 Å². The zero-order chi connectivity index (χ0) is 18.0. The average Bonchev–Trinajstić information content (AvgIpc) is 3.00. The van der Waals surface area contributed by atoms with Gasteiger partial charge in [0.1, 0.15) is 11.9 Å². The van der Waals surface area contributed by atoms with E-state index < -0.39 is 11.9 Å². The number of amides is 1. The van der Waals surface area contributed by atoms with Crippen LogP contribution in [0.2, 0.25) is 0 Å². The number of pyridine rings is 1. The minimum Gasteiger partial charge on any atom is -0.368 e. The maximum Gasteiger partial charge on any atom is 0.240 e. The van der Waals surface area contributed by atoms with E-state index in [9.17, 15) is 4.79 Å². The molecule has 0 aliphatic rings. The topological polar surface area (TPSA) is 112 Å². The zero-order valence-corrected chi connectivity index (χ0v) is 14.5. The first-order chi connectivity index (χ1) is 12.0. The number of nitrogens with two attached hydrogens (primary N) is 1. The molecule has 0 aliphatic heterocycles. The van der Waals surface area contributed by atoms with Crippen molar-refractivity contribution in [2.75, 3.05) is 5.32 Å². The number of nitrogens with zero attached hydrogens (tertiary/aromatic N) is 5. The maximum absolute atomic E-state index is 11.9. The van der Waals surface area contributed by atoms with Gasteiger partial charge in [0.2, 0.25) is 5.91 Å². The lowest BCUT2D eigenvalue weighted by molar-refractivity contribution is -0.119. The lowest BCUT2D eigenvalue weighted by Crippen LogP contribution is -2.40. The largest absolute Gasteiger partial charge is 0.368 e. The van der Waals surface area contributed by atoms with Gasteiger partial charge in [0, 0.05) is 25.0 Å². The second-order valence-corrected chi connectivity index (χ2v) is 6.05. The van der Waals surface area contributed by atoms with E-state index in [0.717, 1.165) is 17.4 Å². The Morgan fingerprint density at radius 3 is 2.80 bits per heavy atom. The molecular weight excluding hydrogens is 318 g/mol. The fraction of sp³-hybridized carbons (Fsp3) is 0.353. The van der Waals surface area contributed by atoms with Crippen molar-refractivity contribution in [1.29, 1.82) is 0 Å². The molecule has 3 aromatic rings. The van der Waals surface area contributed by atoms with Gasteiger partial charge in [-0.05, 0) is 18.1 Å². The number of carbonyl (C=O) groups excluding carboxylic acids is 1. The van der Waals surface area contributed by atoms with Crippen LogP contribution in [0.5, 0.6) is 0 Å². The number of aromatic nitrogens is 5.